The lowest BCUT2D eigenvalue weighted by Crippen LogP contribution is -2.46. The van der Waals surface area contributed by atoms with E-state index < -0.39 is 11.2 Å². The number of nitrogens with two attached hydrogens (primary N) is 1. The minimum absolute atomic E-state index is 0.0447. The number of nitrogen functional groups attached to an aromatic ring is 1. The molecule has 1 aliphatic rings. The van der Waals surface area contributed by atoms with Crippen LogP contribution in [0.5, 0.6) is 5.75 Å². The molecule has 0 atom stereocenters. The van der Waals surface area contributed by atoms with E-state index in [1.54, 1.807) is 7.11 Å². The fourth-order valence-electron chi connectivity index (χ4n) is 4.38. The molecule has 2 heterocycles. The predicted octanol–water partition coefficient (Wildman–Crippen LogP) is 2.87. The van der Waals surface area contributed by atoms with Gasteiger partial charge in [-0.2, -0.15) is 0 Å². The molecule has 0 unspecified atom stereocenters. The van der Waals surface area contributed by atoms with Crippen LogP contribution < -0.4 is 26.6 Å². The van der Waals surface area contributed by atoms with Gasteiger partial charge >= 0.3 is 5.69 Å². The third-order valence-electron chi connectivity index (χ3n) is 6.15. The highest BCUT2D eigenvalue weighted by atomic mass is 32.2. The van der Waals surface area contributed by atoms with Gasteiger partial charge in [0.05, 0.1) is 23.9 Å². The average Bonchev–Trinajstić information content (AvgIpc) is 3.49. The number of carbonyl (C=O) groups excluding carboxylic acids is 1. The third kappa shape index (κ3) is 4.84. The Morgan fingerprint density at radius 3 is 2.76 bits per heavy atom. The number of unbranched alkanes of at least 4 members (excludes halogenated alkanes) is 1. The molecular weight excluding hydrogens is 456 g/mol. The second-order valence-corrected chi connectivity index (χ2v) is 9.38. The van der Waals surface area contributed by atoms with Gasteiger partial charge in [0.25, 0.3) is 5.56 Å². The van der Waals surface area contributed by atoms with Crippen LogP contribution in [0, 0.1) is 0 Å². The normalized spacial score (nSPS) is 14.1. The number of benzene rings is 1. The van der Waals surface area contributed by atoms with Crippen LogP contribution in [0.2, 0.25) is 0 Å². The number of nitrogens with one attached hydrogen (secondary N) is 2. The molecule has 0 radical (unpaired) electrons. The van der Waals surface area contributed by atoms with E-state index in [4.69, 9.17) is 10.5 Å². The van der Waals surface area contributed by atoms with Crippen LogP contribution in [0.3, 0.4) is 0 Å². The second-order valence-electron chi connectivity index (χ2n) is 8.41. The van der Waals surface area contributed by atoms with Crippen LogP contribution in [-0.4, -0.2) is 44.3 Å². The van der Waals surface area contributed by atoms with Crippen molar-refractivity contribution in [1.29, 1.82) is 0 Å². The van der Waals surface area contributed by atoms with Crippen molar-refractivity contribution in [3.63, 3.8) is 0 Å². The average molecular weight is 487 g/mol. The number of fused-ring (bicyclic) bond motifs is 1. The molecule has 1 saturated carbocycles. The van der Waals surface area contributed by atoms with E-state index in [-0.39, 0.29) is 29.2 Å². The summed E-state index contributed by atoms with van der Waals surface area (Å²) in [5, 5.41) is 0.595. The Labute approximate surface area is 200 Å². The zero-order valence-corrected chi connectivity index (χ0v) is 20.2. The number of hydrogen-bond acceptors (Lipinski definition) is 7. The molecule has 34 heavy (non-hydrogen) atoms. The fourth-order valence-corrected chi connectivity index (χ4v) is 5.13. The van der Waals surface area contributed by atoms with Gasteiger partial charge in [-0.05, 0) is 31.4 Å². The van der Waals surface area contributed by atoms with Crippen molar-refractivity contribution in [2.24, 2.45) is 0 Å². The topological polar surface area (TPSA) is 139 Å². The molecule has 0 aliphatic heterocycles. The predicted molar refractivity (Wildman–Crippen MR) is 134 cm³/mol. The Morgan fingerprint density at radius 1 is 1.29 bits per heavy atom. The lowest BCUT2D eigenvalue weighted by Gasteiger charge is -2.29. The van der Waals surface area contributed by atoms with Gasteiger partial charge in [0, 0.05) is 18.7 Å². The Balaban J connectivity index is 1.62. The number of H-pyrrole nitrogens is 2. The molecule has 0 bridgehead atoms. The number of nitrogens with zero attached hydrogens (tertiary/aromatic N) is 3. The van der Waals surface area contributed by atoms with Gasteiger partial charge in [0.15, 0.2) is 10.8 Å². The van der Waals surface area contributed by atoms with E-state index in [0.717, 1.165) is 49.6 Å². The molecule has 10 nitrogen and oxygen atoms in total. The number of ether oxygens (including phenoxy) is 1. The number of amides is 1. The number of anilines is 2. The first-order valence-electron chi connectivity index (χ1n) is 11.5. The minimum atomic E-state index is -0.628. The zero-order chi connectivity index (χ0) is 24.2. The first kappa shape index (κ1) is 23.9. The van der Waals surface area contributed by atoms with Crippen molar-refractivity contribution in [1.82, 2.24) is 19.5 Å². The lowest BCUT2D eigenvalue weighted by atomic mass is 10.2. The zero-order valence-electron chi connectivity index (χ0n) is 19.4. The van der Waals surface area contributed by atoms with Crippen LogP contribution >= 0.6 is 11.8 Å². The number of rotatable bonds is 9. The van der Waals surface area contributed by atoms with Crippen LogP contribution in [-0.2, 0) is 11.3 Å². The monoisotopic (exact) mass is 486 g/mol. The molecule has 4 N–H and O–H groups in total. The molecule has 1 fully saturated rings. The van der Waals surface area contributed by atoms with Gasteiger partial charge < -0.3 is 20.4 Å². The standard InChI is InChI=1S/C23H30N6O4S/c1-3-4-11-28-20(24)19(21(31)27-23(28)32)29(14-7-5-6-8-14)18(30)13-34-22-25-16-10-9-15(33-2)12-17(16)26-22/h9-10,12,14H,3-8,11,13,24H2,1-2H3,(H,25,26)(H,27,31,32). The number of aromatic amines is 2. The first-order valence-corrected chi connectivity index (χ1v) is 12.5. The molecule has 1 amide bonds. The quantitative estimate of drug-likeness (QED) is 0.395. The molecule has 0 spiro atoms. The summed E-state index contributed by atoms with van der Waals surface area (Å²) in [5.41, 5.74) is 6.80. The van der Waals surface area contributed by atoms with Gasteiger partial charge in [-0.3, -0.25) is 19.1 Å². The fraction of sp³-hybridized carbons (Fsp3) is 0.478. The van der Waals surface area contributed by atoms with Crippen molar-refractivity contribution >= 4 is 40.2 Å². The summed E-state index contributed by atoms with van der Waals surface area (Å²) in [7, 11) is 1.60. The molecule has 1 aliphatic carbocycles. The van der Waals surface area contributed by atoms with E-state index >= 15 is 0 Å². The summed E-state index contributed by atoms with van der Waals surface area (Å²) in [5.74, 6) is 0.584. The molecule has 2 aromatic heterocycles. The highest BCUT2D eigenvalue weighted by molar-refractivity contribution is 7.99. The molecule has 182 valence electrons. The van der Waals surface area contributed by atoms with E-state index in [9.17, 15) is 14.4 Å². The van der Waals surface area contributed by atoms with Crippen molar-refractivity contribution in [2.75, 3.05) is 23.5 Å². The summed E-state index contributed by atoms with van der Waals surface area (Å²) < 4.78 is 6.60. The van der Waals surface area contributed by atoms with E-state index in [0.29, 0.717) is 17.5 Å². The Morgan fingerprint density at radius 2 is 2.06 bits per heavy atom. The number of aromatic nitrogens is 4. The first-order chi connectivity index (χ1) is 16.4. The van der Waals surface area contributed by atoms with Crippen LogP contribution in [0.25, 0.3) is 11.0 Å². The van der Waals surface area contributed by atoms with Gasteiger partial charge in [-0.1, -0.05) is 37.9 Å². The van der Waals surface area contributed by atoms with Crippen LogP contribution in [0.1, 0.15) is 45.4 Å². The maximum absolute atomic E-state index is 13.5. The van der Waals surface area contributed by atoms with Gasteiger partial charge in [-0.25, -0.2) is 9.78 Å². The maximum Gasteiger partial charge on any atom is 0.330 e. The van der Waals surface area contributed by atoms with Crippen molar-refractivity contribution < 1.29 is 9.53 Å². The van der Waals surface area contributed by atoms with Crippen LogP contribution in [0.4, 0.5) is 11.5 Å². The minimum Gasteiger partial charge on any atom is -0.497 e. The highest BCUT2D eigenvalue weighted by Gasteiger charge is 2.32. The van der Waals surface area contributed by atoms with Gasteiger partial charge in [0.1, 0.15) is 11.6 Å². The van der Waals surface area contributed by atoms with E-state index in [1.165, 1.54) is 21.2 Å². The summed E-state index contributed by atoms with van der Waals surface area (Å²) in [6, 6.07) is 5.39. The number of thioether (sulfide) groups is 1. The summed E-state index contributed by atoms with van der Waals surface area (Å²) in [6.07, 6.45) is 5.12. The Kier molecular flexibility index (Phi) is 7.30. The molecule has 1 aromatic carbocycles. The molecule has 11 heteroatoms. The number of hydrogen-bond donors (Lipinski definition) is 3. The smallest absolute Gasteiger partial charge is 0.330 e. The second kappa shape index (κ2) is 10.4. The highest BCUT2D eigenvalue weighted by Crippen LogP contribution is 2.31. The molecule has 4 rings (SSSR count). The molecular formula is C23H30N6O4S. The number of imidazole rings is 1. The number of carbonyl (C=O) groups is 1. The third-order valence-corrected chi connectivity index (χ3v) is 7.01. The van der Waals surface area contributed by atoms with E-state index in [1.807, 2.05) is 25.1 Å². The lowest BCUT2D eigenvalue weighted by molar-refractivity contribution is -0.116. The summed E-state index contributed by atoms with van der Waals surface area (Å²) in [4.78, 5) is 50.3. The van der Waals surface area contributed by atoms with E-state index in [2.05, 4.69) is 15.0 Å². The largest absolute Gasteiger partial charge is 0.497 e. The van der Waals surface area contributed by atoms with Crippen molar-refractivity contribution in [3.8, 4) is 5.75 Å². The SMILES string of the molecule is CCCCn1c(N)c(N(C(=O)CSc2nc3ccc(OC)cc3[nH]2)C2CCCC2)c(=O)[nH]c1=O. The van der Waals surface area contributed by atoms with Crippen LogP contribution in [0.15, 0.2) is 32.9 Å². The molecule has 0 saturated heterocycles. The summed E-state index contributed by atoms with van der Waals surface area (Å²) >= 11 is 1.26. The Hall–Kier alpha value is -3.21. The van der Waals surface area contributed by atoms with Gasteiger partial charge in [-0.15, -0.1) is 0 Å². The van der Waals surface area contributed by atoms with Gasteiger partial charge in [0.2, 0.25) is 5.91 Å². The number of methoxy groups -OCH3 is 1. The maximum atomic E-state index is 13.5. The molecule has 3 aromatic rings. The Bertz CT molecular complexity index is 1290. The van der Waals surface area contributed by atoms with Crippen molar-refractivity contribution in [2.45, 2.75) is 63.2 Å². The summed E-state index contributed by atoms with van der Waals surface area (Å²) in [6.45, 7) is 2.39. The van der Waals surface area contributed by atoms with Crippen molar-refractivity contribution in [3.05, 3.63) is 39.0 Å².